The van der Waals surface area contributed by atoms with Crippen molar-refractivity contribution in [3.8, 4) is 5.88 Å². The highest BCUT2D eigenvalue weighted by Gasteiger charge is 2.16. The van der Waals surface area contributed by atoms with Gasteiger partial charge in [0.1, 0.15) is 0 Å². The molecule has 0 aliphatic heterocycles. The molecule has 0 aromatic carbocycles. The Morgan fingerprint density at radius 2 is 2.10 bits per heavy atom. The van der Waals surface area contributed by atoms with Gasteiger partial charge < -0.3 is 10.1 Å². The van der Waals surface area contributed by atoms with Gasteiger partial charge in [-0.1, -0.05) is 0 Å². The van der Waals surface area contributed by atoms with Gasteiger partial charge in [0.05, 0.1) is 30.7 Å². The first kappa shape index (κ1) is 14.4. The average molecular weight is 274 g/mol. The van der Waals surface area contributed by atoms with Crippen LogP contribution in [0.15, 0.2) is 18.3 Å². The number of rotatable bonds is 5. The van der Waals surface area contributed by atoms with Crippen LogP contribution in [0.25, 0.3) is 0 Å². The van der Waals surface area contributed by atoms with Crippen LogP contribution in [-0.4, -0.2) is 21.9 Å². The summed E-state index contributed by atoms with van der Waals surface area (Å²) in [6.07, 6.45) is 1.78. The van der Waals surface area contributed by atoms with Gasteiger partial charge in [-0.05, 0) is 33.8 Å². The molecule has 0 saturated carbocycles. The van der Waals surface area contributed by atoms with E-state index in [0.29, 0.717) is 5.88 Å². The number of aromatic nitrogens is 3. The maximum Gasteiger partial charge on any atom is 0.213 e. The summed E-state index contributed by atoms with van der Waals surface area (Å²) in [5.41, 5.74) is 4.52. The summed E-state index contributed by atoms with van der Waals surface area (Å²) < 4.78 is 7.10. The molecule has 0 amide bonds. The largest absolute Gasteiger partial charge is 0.481 e. The molecule has 2 heterocycles. The fourth-order valence-electron chi connectivity index (χ4n) is 2.55. The summed E-state index contributed by atoms with van der Waals surface area (Å²) in [5.74, 6) is 0.620. The second-order valence-electron chi connectivity index (χ2n) is 4.86. The van der Waals surface area contributed by atoms with E-state index in [-0.39, 0.29) is 6.04 Å². The Bertz CT molecular complexity index is 574. The van der Waals surface area contributed by atoms with Crippen LogP contribution < -0.4 is 10.1 Å². The van der Waals surface area contributed by atoms with Gasteiger partial charge in [0.2, 0.25) is 5.88 Å². The fourth-order valence-corrected chi connectivity index (χ4v) is 2.55. The summed E-state index contributed by atoms with van der Waals surface area (Å²) in [7, 11) is 1.61. The lowest BCUT2D eigenvalue weighted by molar-refractivity contribution is 0.398. The molecule has 0 saturated heterocycles. The van der Waals surface area contributed by atoms with Crippen molar-refractivity contribution in [2.45, 2.75) is 40.3 Å². The molecule has 2 aromatic rings. The number of nitrogens with one attached hydrogen (secondary N) is 1. The average Bonchev–Trinajstić information content (AvgIpc) is 2.74. The van der Waals surface area contributed by atoms with Crippen LogP contribution in [-0.2, 0) is 6.54 Å². The van der Waals surface area contributed by atoms with E-state index >= 15 is 0 Å². The quantitative estimate of drug-likeness (QED) is 0.910. The predicted molar refractivity (Wildman–Crippen MR) is 80.2 cm³/mol. The number of aryl methyl sites for hydroxylation is 2. The molecule has 0 bridgehead atoms. The number of methoxy groups -OCH3 is 1. The molecule has 0 aliphatic carbocycles. The monoisotopic (exact) mass is 274 g/mol. The number of nitrogens with zero attached hydrogens (tertiary/aromatic N) is 3. The highest BCUT2D eigenvalue weighted by Crippen LogP contribution is 2.25. The van der Waals surface area contributed by atoms with Crippen molar-refractivity contribution < 1.29 is 4.74 Å². The van der Waals surface area contributed by atoms with Crippen LogP contribution in [0.1, 0.15) is 36.8 Å². The Labute approximate surface area is 120 Å². The van der Waals surface area contributed by atoms with E-state index in [1.165, 1.54) is 11.3 Å². The molecule has 1 N–H and O–H groups in total. The van der Waals surface area contributed by atoms with Gasteiger partial charge >= 0.3 is 0 Å². The van der Waals surface area contributed by atoms with Crippen molar-refractivity contribution in [1.82, 2.24) is 14.8 Å². The van der Waals surface area contributed by atoms with Gasteiger partial charge in [0.15, 0.2) is 0 Å². The van der Waals surface area contributed by atoms with Crippen LogP contribution >= 0.6 is 0 Å². The predicted octanol–water partition coefficient (Wildman–Crippen LogP) is 3.10. The zero-order valence-corrected chi connectivity index (χ0v) is 12.8. The lowest BCUT2D eigenvalue weighted by Gasteiger charge is -2.16. The van der Waals surface area contributed by atoms with Gasteiger partial charge in [-0.15, -0.1) is 0 Å². The third-order valence-electron chi connectivity index (χ3n) is 3.50. The molecule has 20 heavy (non-hydrogen) atoms. The maximum absolute atomic E-state index is 5.06. The van der Waals surface area contributed by atoms with Crippen LogP contribution in [0.3, 0.4) is 0 Å². The molecule has 108 valence electrons. The van der Waals surface area contributed by atoms with E-state index in [1.54, 1.807) is 13.3 Å². The van der Waals surface area contributed by atoms with E-state index in [1.807, 2.05) is 16.8 Å². The Balaban J connectivity index is 2.19. The Morgan fingerprint density at radius 3 is 2.60 bits per heavy atom. The third-order valence-corrected chi connectivity index (χ3v) is 3.50. The molecule has 1 unspecified atom stereocenters. The fraction of sp³-hybridized carbons (Fsp3) is 0.467. The van der Waals surface area contributed by atoms with Crippen molar-refractivity contribution in [1.29, 1.82) is 0 Å². The van der Waals surface area contributed by atoms with E-state index < -0.39 is 0 Å². The van der Waals surface area contributed by atoms with Crippen LogP contribution in [0.4, 0.5) is 5.69 Å². The molecule has 2 aromatic heterocycles. The summed E-state index contributed by atoms with van der Waals surface area (Å²) in [5, 5.41) is 8.02. The minimum Gasteiger partial charge on any atom is -0.481 e. The van der Waals surface area contributed by atoms with Gasteiger partial charge in [-0.3, -0.25) is 4.68 Å². The second-order valence-corrected chi connectivity index (χ2v) is 4.86. The first-order valence-corrected chi connectivity index (χ1v) is 6.87. The van der Waals surface area contributed by atoms with Crippen LogP contribution in [0.5, 0.6) is 5.88 Å². The van der Waals surface area contributed by atoms with Crippen molar-refractivity contribution >= 4 is 5.69 Å². The van der Waals surface area contributed by atoms with E-state index in [0.717, 1.165) is 17.9 Å². The summed E-state index contributed by atoms with van der Waals surface area (Å²) in [6, 6.07) is 4.01. The first-order valence-electron chi connectivity index (χ1n) is 6.87. The Hall–Kier alpha value is -2.04. The highest BCUT2D eigenvalue weighted by molar-refractivity contribution is 5.45. The minimum atomic E-state index is 0.186. The van der Waals surface area contributed by atoms with Crippen molar-refractivity contribution in [3.05, 3.63) is 35.3 Å². The van der Waals surface area contributed by atoms with Gasteiger partial charge in [0, 0.05) is 23.9 Å². The topological polar surface area (TPSA) is 52.0 Å². The lowest BCUT2D eigenvalue weighted by Crippen LogP contribution is -2.09. The molecular weight excluding hydrogens is 252 g/mol. The summed E-state index contributed by atoms with van der Waals surface area (Å²) >= 11 is 0. The molecule has 0 spiro atoms. The lowest BCUT2D eigenvalue weighted by atomic mass is 10.1. The number of hydrogen-bond acceptors (Lipinski definition) is 4. The van der Waals surface area contributed by atoms with E-state index in [4.69, 9.17) is 4.74 Å². The van der Waals surface area contributed by atoms with Gasteiger partial charge in [-0.2, -0.15) is 5.10 Å². The standard InChI is InChI=1S/C15H22N4O/c1-6-19-12(4)15(11(3)18-19)10(2)17-13-7-8-14(20-5)16-9-13/h7-10,17H,6H2,1-5H3. The number of hydrogen-bond donors (Lipinski definition) is 1. The smallest absolute Gasteiger partial charge is 0.213 e. The van der Waals surface area contributed by atoms with Gasteiger partial charge in [0.25, 0.3) is 0 Å². The molecule has 5 heteroatoms. The van der Waals surface area contributed by atoms with Crippen molar-refractivity contribution in [2.75, 3.05) is 12.4 Å². The normalized spacial score (nSPS) is 12.2. The Kier molecular flexibility index (Phi) is 4.27. The number of ether oxygens (including phenoxy) is 1. The maximum atomic E-state index is 5.06. The SMILES string of the molecule is CCn1nc(C)c(C(C)Nc2ccc(OC)nc2)c1C. The molecule has 2 rings (SSSR count). The summed E-state index contributed by atoms with van der Waals surface area (Å²) in [6.45, 7) is 9.31. The molecule has 0 radical (unpaired) electrons. The second kappa shape index (κ2) is 5.94. The number of anilines is 1. The number of pyridine rings is 1. The molecule has 1 atom stereocenters. The highest BCUT2D eigenvalue weighted by atomic mass is 16.5. The van der Waals surface area contributed by atoms with Crippen LogP contribution in [0.2, 0.25) is 0 Å². The van der Waals surface area contributed by atoms with Crippen LogP contribution in [0, 0.1) is 13.8 Å². The molecule has 0 fully saturated rings. The van der Waals surface area contributed by atoms with E-state index in [9.17, 15) is 0 Å². The van der Waals surface area contributed by atoms with Crippen molar-refractivity contribution in [2.24, 2.45) is 0 Å². The first-order chi connectivity index (χ1) is 9.56. The van der Waals surface area contributed by atoms with Crippen molar-refractivity contribution in [3.63, 3.8) is 0 Å². The molecular formula is C15H22N4O. The Morgan fingerprint density at radius 1 is 1.35 bits per heavy atom. The summed E-state index contributed by atoms with van der Waals surface area (Å²) in [4.78, 5) is 4.20. The third kappa shape index (κ3) is 2.76. The molecule has 0 aliphatic rings. The zero-order chi connectivity index (χ0) is 14.7. The molecule has 5 nitrogen and oxygen atoms in total. The zero-order valence-electron chi connectivity index (χ0n) is 12.8. The van der Waals surface area contributed by atoms with Gasteiger partial charge in [-0.25, -0.2) is 4.98 Å². The van der Waals surface area contributed by atoms with E-state index in [2.05, 4.69) is 43.1 Å². The minimum absolute atomic E-state index is 0.186.